The fourth-order valence-electron chi connectivity index (χ4n) is 4.45. The molecule has 2 aromatic rings. The normalized spacial score (nSPS) is 22.0. The van der Waals surface area contributed by atoms with Crippen LogP contribution in [0.1, 0.15) is 44.1 Å². The van der Waals surface area contributed by atoms with Gasteiger partial charge in [-0.2, -0.15) is 0 Å². The predicted octanol–water partition coefficient (Wildman–Crippen LogP) is 4.33. The molecule has 0 aromatic heterocycles. The van der Waals surface area contributed by atoms with E-state index in [-0.39, 0.29) is 24.3 Å². The molecular weight excluding hydrogens is 376 g/mol. The first-order chi connectivity index (χ1) is 14.6. The Bertz CT molecular complexity index is 934. The molecule has 2 aromatic carbocycles. The number of ether oxygens (including phenoxy) is 1. The molecule has 2 fully saturated rings. The fraction of sp³-hybridized carbons (Fsp3) is 0.360. The molecule has 1 N–H and O–H groups in total. The maximum Gasteiger partial charge on any atom is 0.251 e. The maximum absolute atomic E-state index is 13.5. The average Bonchev–Trinajstić information content (AvgIpc) is 2.77. The Morgan fingerprint density at radius 1 is 1.07 bits per heavy atom. The van der Waals surface area contributed by atoms with Gasteiger partial charge < -0.3 is 10.1 Å². The van der Waals surface area contributed by atoms with E-state index in [0.717, 1.165) is 42.7 Å². The maximum atomic E-state index is 13.5. The van der Waals surface area contributed by atoms with E-state index < -0.39 is 5.54 Å². The molecule has 1 saturated heterocycles. The lowest BCUT2D eigenvalue weighted by molar-refractivity contribution is -0.137. The number of amides is 2. The lowest BCUT2D eigenvalue weighted by atomic mass is 9.80. The van der Waals surface area contributed by atoms with Gasteiger partial charge in [0.25, 0.3) is 5.91 Å². The number of rotatable bonds is 6. The molecule has 0 radical (unpaired) electrons. The molecule has 1 saturated carbocycles. The molecule has 1 aliphatic heterocycles. The van der Waals surface area contributed by atoms with Crippen LogP contribution in [0.5, 0.6) is 5.75 Å². The van der Waals surface area contributed by atoms with Crippen molar-refractivity contribution in [2.75, 3.05) is 12.0 Å². The minimum absolute atomic E-state index is 0.0512. The quantitative estimate of drug-likeness (QED) is 0.729. The molecule has 1 heterocycles. The molecule has 2 aliphatic rings. The van der Waals surface area contributed by atoms with Gasteiger partial charge in [-0.3, -0.25) is 14.5 Å². The van der Waals surface area contributed by atoms with Crippen LogP contribution in [0, 0.1) is 0 Å². The molecule has 0 spiro atoms. The molecule has 156 valence electrons. The highest BCUT2D eigenvalue weighted by molar-refractivity contribution is 6.15. The van der Waals surface area contributed by atoms with E-state index in [1.54, 1.807) is 12.0 Å². The SMILES string of the molecule is COc1ccccc1/C=C/[C@]1(C(=O)NC2CCCCC2)CC(=O)N1c1ccccc1. The van der Waals surface area contributed by atoms with E-state index in [9.17, 15) is 9.59 Å². The number of methoxy groups -OCH3 is 1. The molecule has 0 bridgehead atoms. The van der Waals surface area contributed by atoms with Gasteiger partial charge in [0, 0.05) is 17.3 Å². The van der Waals surface area contributed by atoms with E-state index in [1.165, 1.54) is 6.42 Å². The van der Waals surface area contributed by atoms with Crippen molar-refractivity contribution in [2.45, 2.75) is 50.1 Å². The first-order valence-corrected chi connectivity index (χ1v) is 10.7. The van der Waals surface area contributed by atoms with Crippen LogP contribution >= 0.6 is 0 Å². The zero-order valence-electron chi connectivity index (χ0n) is 17.3. The standard InChI is InChI=1S/C25H28N2O3/c1-30-22-15-9-8-10-19(22)16-17-25(24(29)26-20-11-4-2-5-12-20)18-23(28)27(25)21-13-6-3-7-14-21/h3,6-10,13-17,20H,2,4-5,11-12,18H2,1H3,(H,26,29)/b17-16+/t25-/m1/s1. The second-order valence-electron chi connectivity index (χ2n) is 8.05. The highest BCUT2D eigenvalue weighted by Gasteiger charge is 2.55. The number of carbonyl (C=O) groups excluding carboxylic acids is 2. The lowest BCUT2D eigenvalue weighted by Gasteiger charge is -2.49. The van der Waals surface area contributed by atoms with E-state index in [1.807, 2.05) is 66.7 Å². The summed E-state index contributed by atoms with van der Waals surface area (Å²) in [6.45, 7) is 0. The zero-order chi connectivity index (χ0) is 21.0. The van der Waals surface area contributed by atoms with Crippen LogP contribution in [-0.4, -0.2) is 30.5 Å². The third-order valence-electron chi connectivity index (χ3n) is 6.09. The minimum Gasteiger partial charge on any atom is -0.496 e. The van der Waals surface area contributed by atoms with E-state index in [0.29, 0.717) is 0 Å². The van der Waals surface area contributed by atoms with Crippen LogP contribution in [0.3, 0.4) is 0 Å². The van der Waals surface area contributed by atoms with Crippen molar-refractivity contribution in [2.24, 2.45) is 0 Å². The zero-order valence-corrected chi connectivity index (χ0v) is 17.3. The van der Waals surface area contributed by atoms with Gasteiger partial charge in [0.1, 0.15) is 5.75 Å². The van der Waals surface area contributed by atoms with E-state index >= 15 is 0 Å². The second-order valence-corrected chi connectivity index (χ2v) is 8.05. The Morgan fingerprint density at radius 3 is 2.47 bits per heavy atom. The summed E-state index contributed by atoms with van der Waals surface area (Å²) in [5.41, 5.74) is 0.575. The van der Waals surface area contributed by atoms with Crippen molar-refractivity contribution in [3.05, 3.63) is 66.2 Å². The van der Waals surface area contributed by atoms with Gasteiger partial charge in [0.15, 0.2) is 5.54 Å². The van der Waals surface area contributed by atoms with Gasteiger partial charge in [-0.25, -0.2) is 0 Å². The van der Waals surface area contributed by atoms with Crippen LogP contribution in [0.4, 0.5) is 5.69 Å². The molecule has 1 aliphatic carbocycles. The van der Waals surface area contributed by atoms with Crippen LogP contribution in [0.15, 0.2) is 60.7 Å². The summed E-state index contributed by atoms with van der Waals surface area (Å²) in [5, 5.41) is 3.23. The Morgan fingerprint density at radius 2 is 1.77 bits per heavy atom. The van der Waals surface area contributed by atoms with Crippen molar-refractivity contribution in [3.63, 3.8) is 0 Å². The van der Waals surface area contributed by atoms with Gasteiger partial charge >= 0.3 is 0 Å². The number of carbonyl (C=O) groups is 2. The molecule has 1 atom stereocenters. The number of β-lactam (4-membered cyclic amide) rings is 1. The third kappa shape index (κ3) is 3.84. The monoisotopic (exact) mass is 404 g/mol. The highest BCUT2D eigenvalue weighted by Crippen LogP contribution is 2.39. The van der Waals surface area contributed by atoms with Crippen molar-refractivity contribution >= 4 is 23.6 Å². The van der Waals surface area contributed by atoms with Gasteiger partial charge in [0.2, 0.25) is 5.91 Å². The van der Waals surface area contributed by atoms with Crippen molar-refractivity contribution in [3.8, 4) is 5.75 Å². The molecule has 4 rings (SSSR count). The Labute approximate surface area is 177 Å². The molecular formula is C25H28N2O3. The largest absolute Gasteiger partial charge is 0.496 e. The van der Waals surface area contributed by atoms with Crippen LogP contribution in [0.25, 0.3) is 6.08 Å². The van der Waals surface area contributed by atoms with Gasteiger partial charge in [0.05, 0.1) is 13.5 Å². The van der Waals surface area contributed by atoms with Crippen LogP contribution in [-0.2, 0) is 9.59 Å². The number of para-hydroxylation sites is 2. The first kappa shape index (κ1) is 20.2. The third-order valence-corrected chi connectivity index (χ3v) is 6.09. The number of nitrogens with zero attached hydrogens (tertiary/aromatic N) is 1. The number of anilines is 1. The first-order valence-electron chi connectivity index (χ1n) is 10.7. The molecule has 0 unspecified atom stereocenters. The van der Waals surface area contributed by atoms with Crippen LogP contribution in [0.2, 0.25) is 0 Å². The summed E-state index contributed by atoms with van der Waals surface area (Å²) in [4.78, 5) is 27.8. The molecule has 5 nitrogen and oxygen atoms in total. The summed E-state index contributed by atoms with van der Waals surface area (Å²) in [5.74, 6) is 0.571. The summed E-state index contributed by atoms with van der Waals surface area (Å²) < 4.78 is 5.44. The fourth-order valence-corrected chi connectivity index (χ4v) is 4.45. The van der Waals surface area contributed by atoms with Crippen molar-refractivity contribution < 1.29 is 14.3 Å². The number of nitrogens with one attached hydrogen (secondary N) is 1. The Balaban J connectivity index is 1.68. The van der Waals surface area contributed by atoms with Crippen molar-refractivity contribution in [1.29, 1.82) is 0 Å². The average molecular weight is 405 g/mol. The van der Waals surface area contributed by atoms with Crippen LogP contribution < -0.4 is 15.0 Å². The minimum atomic E-state index is -1.03. The van der Waals surface area contributed by atoms with E-state index in [4.69, 9.17) is 4.74 Å². The molecule has 2 amide bonds. The number of hydrogen-bond donors (Lipinski definition) is 1. The predicted molar refractivity (Wildman–Crippen MR) is 118 cm³/mol. The summed E-state index contributed by atoms with van der Waals surface area (Å²) in [7, 11) is 1.63. The number of hydrogen-bond acceptors (Lipinski definition) is 3. The van der Waals surface area contributed by atoms with Gasteiger partial charge in [-0.05, 0) is 37.1 Å². The highest BCUT2D eigenvalue weighted by atomic mass is 16.5. The summed E-state index contributed by atoms with van der Waals surface area (Å²) >= 11 is 0. The van der Waals surface area contributed by atoms with E-state index in [2.05, 4.69) is 5.32 Å². The van der Waals surface area contributed by atoms with Gasteiger partial charge in [-0.15, -0.1) is 0 Å². The smallest absolute Gasteiger partial charge is 0.251 e. The number of benzene rings is 2. The lowest BCUT2D eigenvalue weighted by Crippen LogP contribution is -2.70. The summed E-state index contributed by atoms with van der Waals surface area (Å²) in [6, 6.07) is 17.3. The summed E-state index contributed by atoms with van der Waals surface area (Å²) in [6.07, 6.45) is 9.40. The topological polar surface area (TPSA) is 58.6 Å². The van der Waals surface area contributed by atoms with Gasteiger partial charge in [-0.1, -0.05) is 61.7 Å². The van der Waals surface area contributed by atoms with Crippen molar-refractivity contribution in [1.82, 2.24) is 5.32 Å². The molecule has 30 heavy (non-hydrogen) atoms. The molecule has 5 heteroatoms. The second kappa shape index (κ2) is 8.74. The Kier molecular flexibility index (Phi) is 5.88. The Hall–Kier alpha value is -3.08.